The van der Waals surface area contributed by atoms with Gasteiger partial charge in [-0.3, -0.25) is 14.6 Å². The standard InChI is InChI=1S/C32H42FN3O2/c1-6-8-27(22-9-11-24(12-10-22)29(37)34-21-7-2)36-30(38)28(23-13-15-26(33)16-14-23)35-32(36)19-17-25(18-20-32)31(3,4)5/h9-16,25,27H,6-8,17-21H2,1-5H3,(H,34,37). The molecule has 1 saturated carbocycles. The van der Waals surface area contributed by atoms with E-state index < -0.39 is 5.66 Å². The Morgan fingerprint density at radius 2 is 1.68 bits per heavy atom. The van der Waals surface area contributed by atoms with Crippen molar-refractivity contribution in [2.45, 2.75) is 91.3 Å². The lowest BCUT2D eigenvalue weighted by atomic mass is 9.69. The highest BCUT2D eigenvalue weighted by Crippen LogP contribution is 2.49. The van der Waals surface area contributed by atoms with Crippen LogP contribution in [0.3, 0.4) is 0 Å². The number of halogens is 1. The molecule has 1 heterocycles. The summed E-state index contributed by atoms with van der Waals surface area (Å²) < 4.78 is 13.7. The van der Waals surface area contributed by atoms with Crippen LogP contribution in [0.5, 0.6) is 0 Å². The maximum atomic E-state index is 14.2. The monoisotopic (exact) mass is 519 g/mol. The summed E-state index contributed by atoms with van der Waals surface area (Å²) in [4.78, 5) is 33.8. The number of hydrogen-bond donors (Lipinski definition) is 1. The van der Waals surface area contributed by atoms with Gasteiger partial charge in [-0.2, -0.15) is 0 Å². The number of amides is 2. The van der Waals surface area contributed by atoms with E-state index in [1.807, 2.05) is 36.1 Å². The Balaban J connectivity index is 1.71. The molecule has 1 aliphatic heterocycles. The fraction of sp³-hybridized carbons (Fsp3) is 0.531. The van der Waals surface area contributed by atoms with Crippen LogP contribution < -0.4 is 5.32 Å². The minimum Gasteiger partial charge on any atom is -0.352 e. The SMILES string of the molecule is CCCNC(=O)c1ccc(C(CCC)N2C(=O)C(c3ccc(F)cc3)=NC23CCC(C(C)(C)C)CC3)cc1. The molecular weight excluding hydrogens is 477 g/mol. The third kappa shape index (κ3) is 5.69. The van der Waals surface area contributed by atoms with Gasteiger partial charge >= 0.3 is 0 Å². The molecule has 2 aromatic rings. The van der Waals surface area contributed by atoms with Crippen LogP contribution in [0.2, 0.25) is 0 Å². The topological polar surface area (TPSA) is 61.8 Å². The molecule has 0 radical (unpaired) electrons. The first-order valence-electron chi connectivity index (χ1n) is 14.2. The molecule has 0 saturated heterocycles. The average molecular weight is 520 g/mol. The second-order valence-electron chi connectivity index (χ2n) is 11.9. The molecule has 204 valence electrons. The summed E-state index contributed by atoms with van der Waals surface area (Å²) in [6, 6.07) is 13.6. The zero-order valence-electron chi connectivity index (χ0n) is 23.5. The van der Waals surface area contributed by atoms with Gasteiger partial charge in [-0.05, 0) is 91.8 Å². The lowest BCUT2D eigenvalue weighted by Crippen LogP contribution is -2.51. The lowest BCUT2D eigenvalue weighted by Gasteiger charge is -2.47. The van der Waals surface area contributed by atoms with Crippen LogP contribution in [0.4, 0.5) is 4.39 Å². The third-order valence-corrected chi connectivity index (χ3v) is 8.29. The van der Waals surface area contributed by atoms with Crippen molar-refractivity contribution in [3.63, 3.8) is 0 Å². The Morgan fingerprint density at radius 3 is 2.24 bits per heavy atom. The van der Waals surface area contributed by atoms with Gasteiger partial charge in [0.05, 0.1) is 6.04 Å². The molecule has 0 aromatic heterocycles. The molecule has 1 fully saturated rings. The minimum atomic E-state index is -0.612. The molecule has 1 spiro atoms. The van der Waals surface area contributed by atoms with E-state index in [2.05, 4.69) is 33.0 Å². The predicted octanol–water partition coefficient (Wildman–Crippen LogP) is 7.07. The second-order valence-corrected chi connectivity index (χ2v) is 11.9. The van der Waals surface area contributed by atoms with Gasteiger partial charge in [0.2, 0.25) is 0 Å². The van der Waals surface area contributed by atoms with Crippen molar-refractivity contribution < 1.29 is 14.0 Å². The summed E-state index contributed by atoms with van der Waals surface area (Å²) in [5.74, 6) is 0.0697. The Bertz CT molecular complexity index is 1160. The van der Waals surface area contributed by atoms with Crippen LogP contribution in [0.1, 0.15) is 107 Å². The summed E-state index contributed by atoms with van der Waals surface area (Å²) in [5, 5.41) is 2.93. The molecular formula is C32H42FN3O2. The average Bonchev–Trinajstić information content (AvgIpc) is 3.17. The highest BCUT2D eigenvalue weighted by molar-refractivity contribution is 6.46. The molecule has 6 heteroatoms. The molecule has 1 atom stereocenters. The van der Waals surface area contributed by atoms with Crippen molar-refractivity contribution in [1.82, 2.24) is 10.2 Å². The van der Waals surface area contributed by atoms with E-state index in [-0.39, 0.29) is 29.1 Å². The molecule has 38 heavy (non-hydrogen) atoms. The third-order valence-electron chi connectivity index (χ3n) is 8.29. The summed E-state index contributed by atoms with van der Waals surface area (Å²) in [7, 11) is 0. The fourth-order valence-electron chi connectivity index (χ4n) is 6.05. The Morgan fingerprint density at radius 1 is 1.05 bits per heavy atom. The Kier molecular flexibility index (Phi) is 8.39. The van der Waals surface area contributed by atoms with E-state index >= 15 is 0 Å². The molecule has 4 rings (SSSR count). The summed E-state index contributed by atoms with van der Waals surface area (Å²) in [6.07, 6.45) is 6.20. The summed E-state index contributed by atoms with van der Waals surface area (Å²) >= 11 is 0. The van der Waals surface area contributed by atoms with Crippen LogP contribution in [-0.2, 0) is 4.79 Å². The van der Waals surface area contributed by atoms with Crippen LogP contribution >= 0.6 is 0 Å². The summed E-state index contributed by atoms with van der Waals surface area (Å²) in [5.41, 5.74) is 2.31. The Hall–Kier alpha value is -3.02. The quantitative estimate of drug-likeness (QED) is 0.405. The first kappa shape index (κ1) is 28.0. The lowest BCUT2D eigenvalue weighted by molar-refractivity contribution is -0.133. The molecule has 1 N–H and O–H groups in total. The number of aliphatic imine (C=N–C) groups is 1. The van der Waals surface area contributed by atoms with Gasteiger partial charge in [-0.1, -0.05) is 53.2 Å². The molecule has 1 unspecified atom stereocenters. The number of carbonyl (C=O) groups excluding carboxylic acids is 2. The van der Waals surface area contributed by atoms with Crippen molar-refractivity contribution >= 4 is 17.5 Å². The van der Waals surface area contributed by atoms with Crippen molar-refractivity contribution in [2.75, 3.05) is 6.54 Å². The van der Waals surface area contributed by atoms with Gasteiger partial charge in [0.1, 0.15) is 17.2 Å². The molecule has 2 aliphatic rings. The van der Waals surface area contributed by atoms with Gasteiger partial charge < -0.3 is 10.2 Å². The van der Waals surface area contributed by atoms with Crippen LogP contribution in [0, 0.1) is 17.2 Å². The van der Waals surface area contributed by atoms with Gasteiger partial charge in [-0.25, -0.2) is 4.39 Å². The number of nitrogens with one attached hydrogen (secondary N) is 1. The maximum absolute atomic E-state index is 14.2. The summed E-state index contributed by atoms with van der Waals surface area (Å²) in [6.45, 7) is 11.7. The number of nitrogens with zero attached hydrogens (tertiary/aromatic N) is 2. The van der Waals surface area contributed by atoms with Crippen LogP contribution in [-0.4, -0.2) is 34.6 Å². The van der Waals surface area contributed by atoms with Crippen molar-refractivity contribution in [3.05, 3.63) is 71.0 Å². The van der Waals surface area contributed by atoms with Gasteiger partial charge in [0, 0.05) is 17.7 Å². The maximum Gasteiger partial charge on any atom is 0.275 e. The number of hydrogen-bond acceptors (Lipinski definition) is 3. The van der Waals surface area contributed by atoms with E-state index in [1.54, 1.807) is 12.1 Å². The van der Waals surface area contributed by atoms with Crippen molar-refractivity contribution in [1.29, 1.82) is 0 Å². The molecule has 1 aliphatic carbocycles. The normalized spacial score (nSPS) is 22.5. The van der Waals surface area contributed by atoms with E-state index in [4.69, 9.17) is 4.99 Å². The molecule has 2 amide bonds. The van der Waals surface area contributed by atoms with E-state index in [1.165, 1.54) is 12.1 Å². The van der Waals surface area contributed by atoms with Crippen LogP contribution in [0.15, 0.2) is 53.5 Å². The second kappa shape index (κ2) is 11.4. The minimum absolute atomic E-state index is 0.0819. The molecule has 2 aromatic carbocycles. The van der Waals surface area contributed by atoms with E-state index in [9.17, 15) is 14.0 Å². The number of carbonyl (C=O) groups is 2. The largest absolute Gasteiger partial charge is 0.352 e. The molecule has 5 nitrogen and oxygen atoms in total. The van der Waals surface area contributed by atoms with Gasteiger partial charge in [-0.15, -0.1) is 0 Å². The first-order chi connectivity index (χ1) is 18.1. The van der Waals surface area contributed by atoms with E-state index in [0.717, 1.165) is 50.5 Å². The molecule has 0 bridgehead atoms. The number of rotatable bonds is 8. The van der Waals surface area contributed by atoms with E-state index in [0.29, 0.717) is 29.3 Å². The van der Waals surface area contributed by atoms with Crippen molar-refractivity contribution in [2.24, 2.45) is 16.3 Å². The number of benzene rings is 2. The van der Waals surface area contributed by atoms with Crippen LogP contribution in [0.25, 0.3) is 0 Å². The first-order valence-corrected chi connectivity index (χ1v) is 14.2. The fourth-order valence-corrected chi connectivity index (χ4v) is 6.05. The smallest absolute Gasteiger partial charge is 0.275 e. The predicted molar refractivity (Wildman–Crippen MR) is 151 cm³/mol. The zero-order valence-corrected chi connectivity index (χ0v) is 23.5. The highest BCUT2D eigenvalue weighted by atomic mass is 19.1. The van der Waals surface area contributed by atoms with Crippen molar-refractivity contribution in [3.8, 4) is 0 Å². The van der Waals surface area contributed by atoms with Gasteiger partial charge in [0.25, 0.3) is 11.8 Å². The highest BCUT2D eigenvalue weighted by Gasteiger charge is 2.52. The van der Waals surface area contributed by atoms with Gasteiger partial charge in [0.15, 0.2) is 0 Å². The Labute approximate surface area is 226 Å². The zero-order chi connectivity index (χ0) is 27.5.